The molecule has 0 aromatic heterocycles. The first-order valence-corrected chi connectivity index (χ1v) is 10.2. The van der Waals surface area contributed by atoms with E-state index in [4.69, 9.17) is 9.73 Å². The van der Waals surface area contributed by atoms with Crippen LogP contribution in [0.4, 0.5) is 0 Å². The van der Waals surface area contributed by atoms with E-state index in [-0.39, 0.29) is 0 Å². The minimum absolute atomic E-state index is 0.319. The van der Waals surface area contributed by atoms with Crippen LogP contribution in [0, 0.1) is 0 Å². The van der Waals surface area contributed by atoms with Crippen LogP contribution in [0.3, 0.4) is 0 Å². The summed E-state index contributed by atoms with van der Waals surface area (Å²) in [6.07, 6.45) is 0.319. The van der Waals surface area contributed by atoms with Crippen molar-refractivity contribution in [3.8, 4) is 0 Å². The summed E-state index contributed by atoms with van der Waals surface area (Å²) in [5.41, 5.74) is 3.81. The Morgan fingerprint density at radius 1 is 1.07 bits per heavy atom. The van der Waals surface area contributed by atoms with Gasteiger partial charge in [-0.2, -0.15) is 0 Å². The zero-order valence-electron chi connectivity index (χ0n) is 17.0. The molecule has 2 N–H and O–H groups in total. The highest BCUT2D eigenvalue weighted by Crippen LogP contribution is 2.12. The van der Waals surface area contributed by atoms with Gasteiger partial charge in [0.25, 0.3) is 0 Å². The molecule has 1 aliphatic heterocycles. The fourth-order valence-electron chi connectivity index (χ4n) is 3.41. The standard InChI is InChI=1S/C23H32N4O/c1-3-24-23(25-15-20-8-5-4-6-9-20)26-16-21-10-7-11-22(14-21)18-27-12-13-28-19(2)17-27/h4-11,14,19H,3,12-13,15-18H2,1-2H3,(H2,24,25,26). The summed E-state index contributed by atoms with van der Waals surface area (Å²) in [5, 5.41) is 6.73. The van der Waals surface area contributed by atoms with E-state index >= 15 is 0 Å². The van der Waals surface area contributed by atoms with Crippen LogP contribution in [-0.2, 0) is 24.4 Å². The van der Waals surface area contributed by atoms with Gasteiger partial charge >= 0.3 is 0 Å². The molecule has 0 aliphatic carbocycles. The van der Waals surface area contributed by atoms with Crippen LogP contribution in [0.5, 0.6) is 0 Å². The molecule has 1 heterocycles. The van der Waals surface area contributed by atoms with Gasteiger partial charge in [0.15, 0.2) is 5.96 Å². The van der Waals surface area contributed by atoms with Crippen molar-refractivity contribution < 1.29 is 4.74 Å². The Balaban J connectivity index is 1.57. The second-order valence-electron chi connectivity index (χ2n) is 7.27. The van der Waals surface area contributed by atoms with Crippen molar-refractivity contribution in [3.63, 3.8) is 0 Å². The number of morpholine rings is 1. The van der Waals surface area contributed by atoms with Crippen LogP contribution < -0.4 is 10.6 Å². The molecule has 0 saturated carbocycles. The molecular formula is C23H32N4O. The van der Waals surface area contributed by atoms with E-state index in [2.05, 4.69) is 77.9 Å². The smallest absolute Gasteiger partial charge is 0.191 e. The zero-order chi connectivity index (χ0) is 19.6. The molecule has 1 fully saturated rings. The number of benzene rings is 2. The molecule has 3 rings (SSSR count). The molecule has 0 radical (unpaired) electrons. The summed E-state index contributed by atoms with van der Waals surface area (Å²) in [6, 6.07) is 19.1. The van der Waals surface area contributed by atoms with Crippen LogP contribution in [0.25, 0.3) is 0 Å². The summed E-state index contributed by atoms with van der Waals surface area (Å²) in [4.78, 5) is 7.22. The summed E-state index contributed by atoms with van der Waals surface area (Å²) in [6.45, 7) is 10.3. The van der Waals surface area contributed by atoms with E-state index in [0.29, 0.717) is 12.6 Å². The fraction of sp³-hybridized carbons (Fsp3) is 0.435. The van der Waals surface area contributed by atoms with E-state index in [1.807, 2.05) is 6.07 Å². The van der Waals surface area contributed by atoms with Crippen LogP contribution in [0.1, 0.15) is 30.5 Å². The molecule has 2 aromatic carbocycles. The van der Waals surface area contributed by atoms with Gasteiger partial charge in [-0.3, -0.25) is 4.90 Å². The number of hydrogen-bond acceptors (Lipinski definition) is 3. The monoisotopic (exact) mass is 380 g/mol. The molecule has 5 nitrogen and oxygen atoms in total. The van der Waals surface area contributed by atoms with Gasteiger partial charge in [0.05, 0.1) is 19.3 Å². The van der Waals surface area contributed by atoms with Gasteiger partial charge in [0, 0.05) is 32.7 Å². The molecule has 2 aromatic rings. The molecule has 1 atom stereocenters. The SMILES string of the molecule is CCNC(=NCc1cccc(CN2CCOC(C)C2)c1)NCc1ccccc1. The second kappa shape index (κ2) is 10.8. The third-order valence-electron chi connectivity index (χ3n) is 4.79. The van der Waals surface area contributed by atoms with Crippen LogP contribution in [-0.4, -0.2) is 43.2 Å². The molecular weight excluding hydrogens is 348 g/mol. The molecule has 1 aliphatic rings. The summed E-state index contributed by atoms with van der Waals surface area (Å²) < 4.78 is 5.64. The van der Waals surface area contributed by atoms with E-state index in [1.54, 1.807) is 0 Å². The van der Waals surface area contributed by atoms with Crippen molar-refractivity contribution >= 4 is 5.96 Å². The topological polar surface area (TPSA) is 48.9 Å². The average molecular weight is 381 g/mol. The van der Waals surface area contributed by atoms with E-state index < -0.39 is 0 Å². The Bertz CT molecular complexity index is 747. The van der Waals surface area contributed by atoms with E-state index in [9.17, 15) is 0 Å². The molecule has 0 spiro atoms. The predicted octanol–water partition coefficient (Wildman–Crippen LogP) is 3.16. The molecule has 0 amide bonds. The van der Waals surface area contributed by atoms with Crippen molar-refractivity contribution in [2.75, 3.05) is 26.2 Å². The van der Waals surface area contributed by atoms with Crippen molar-refractivity contribution in [2.24, 2.45) is 4.99 Å². The number of hydrogen-bond donors (Lipinski definition) is 2. The van der Waals surface area contributed by atoms with Crippen LogP contribution in [0.15, 0.2) is 59.6 Å². The maximum Gasteiger partial charge on any atom is 0.191 e. The van der Waals surface area contributed by atoms with Crippen molar-refractivity contribution in [1.82, 2.24) is 15.5 Å². The van der Waals surface area contributed by atoms with E-state index in [0.717, 1.165) is 45.3 Å². The van der Waals surface area contributed by atoms with E-state index in [1.165, 1.54) is 16.7 Å². The lowest BCUT2D eigenvalue weighted by atomic mass is 10.1. The van der Waals surface area contributed by atoms with Gasteiger partial charge in [-0.25, -0.2) is 4.99 Å². The fourth-order valence-corrected chi connectivity index (χ4v) is 3.41. The van der Waals surface area contributed by atoms with Crippen LogP contribution >= 0.6 is 0 Å². The first kappa shape index (κ1) is 20.4. The lowest BCUT2D eigenvalue weighted by Gasteiger charge is -2.31. The number of nitrogens with zero attached hydrogens (tertiary/aromatic N) is 2. The van der Waals surface area contributed by atoms with Crippen molar-refractivity contribution in [2.45, 2.75) is 39.6 Å². The Kier molecular flexibility index (Phi) is 7.88. The average Bonchev–Trinajstić information content (AvgIpc) is 2.71. The number of aliphatic imine (C=N–C) groups is 1. The number of ether oxygens (including phenoxy) is 1. The Labute approximate surface area is 168 Å². The quantitative estimate of drug-likeness (QED) is 0.572. The lowest BCUT2D eigenvalue weighted by Crippen LogP contribution is -2.40. The molecule has 0 bridgehead atoms. The molecule has 5 heteroatoms. The Morgan fingerprint density at radius 2 is 1.86 bits per heavy atom. The molecule has 150 valence electrons. The minimum Gasteiger partial charge on any atom is -0.376 e. The third-order valence-corrected chi connectivity index (χ3v) is 4.79. The largest absolute Gasteiger partial charge is 0.376 e. The summed E-state index contributed by atoms with van der Waals surface area (Å²) in [7, 11) is 0. The minimum atomic E-state index is 0.319. The first-order chi connectivity index (χ1) is 13.7. The highest BCUT2D eigenvalue weighted by atomic mass is 16.5. The third kappa shape index (κ3) is 6.66. The Morgan fingerprint density at radius 3 is 2.64 bits per heavy atom. The van der Waals surface area contributed by atoms with Gasteiger partial charge in [-0.05, 0) is 30.5 Å². The second-order valence-corrected chi connectivity index (χ2v) is 7.27. The highest BCUT2D eigenvalue weighted by Gasteiger charge is 2.16. The molecule has 1 saturated heterocycles. The lowest BCUT2D eigenvalue weighted by molar-refractivity contribution is -0.0212. The number of rotatable bonds is 7. The zero-order valence-corrected chi connectivity index (χ0v) is 17.0. The van der Waals surface area contributed by atoms with Gasteiger partial charge < -0.3 is 15.4 Å². The molecule has 28 heavy (non-hydrogen) atoms. The van der Waals surface area contributed by atoms with Crippen molar-refractivity contribution in [1.29, 1.82) is 0 Å². The normalized spacial score (nSPS) is 18.1. The number of guanidine groups is 1. The van der Waals surface area contributed by atoms with Gasteiger partial charge in [0.1, 0.15) is 0 Å². The van der Waals surface area contributed by atoms with Gasteiger partial charge in [-0.1, -0.05) is 54.6 Å². The number of nitrogens with one attached hydrogen (secondary N) is 2. The maximum absolute atomic E-state index is 5.64. The highest BCUT2D eigenvalue weighted by molar-refractivity contribution is 5.79. The van der Waals surface area contributed by atoms with Crippen LogP contribution in [0.2, 0.25) is 0 Å². The van der Waals surface area contributed by atoms with Crippen molar-refractivity contribution in [3.05, 3.63) is 71.3 Å². The summed E-state index contributed by atoms with van der Waals surface area (Å²) in [5.74, 6) is 0.846. The van der Waals surface area contributed by atoms with Gasteiger partial charge in [0.2, 0.25) is 0 Å². The van der Waals surface area contributed by atoms with Gasteiger partial charge in [-0.15, -0.1) is 0 Å². The predicted molar refractivity (Wildman–Crippen MR) is 115 cm³/mol. The molecule has 1 unspecified atom stereocenters. The first-order valence-electron chi connectivity index (χ1n) is 10.2. The Hall–Kier alpha value is -2.37. The summed E-state index contributed by atoms with van der Waals surface area (Å²) >= 11 is 0. The maximum atomic E-state index is 5.64.